The van der Waals surface area contributed by atoms with E-state index in [9.17, 15) is 19.1 Å². The molecule has 1 saturated heterocycles. The summed E-state index contributed by atoms with van der Waals surface area (Å²) < 4.78 is 13.7. The van der Waals surface area contributed by atoms with Crippen LogP contribution in [0.1, 0.15) is 37.7 Å². The largest absolute Gasteiger partial charge is 0.480 e. The number of hydrogen-bond donors (Lipinski definition) is 1. The number of piperidine rings is 1. The number of hydrogen-bond acceptors (Lipinski definition) is 2. The molecule has 0 radical (unpaired) electrons. The molecule has 0 saturated carbocycles. The van der Waals surface area contributed by atoms with Crippen LogP contribution in [0.2, 0.25) is 0 Å². The predicted molar refractivity (Wildman–Crippen MR) is 71.8 cm³/mol. The maximum atomic E-state index is 13.7. The first-order valence-corrected chi connectivity index (χ1v) is 6.80. The van der Waals surface area contributed by atoms with Gasteiger partial charge in [0.25, 0.3) is 0 Å². The highest BCUT2D eigenvalue weighted by molar-refractivity contribution is 5.88. The van der Waals surface area contributed by atoms with Crippen LogP contribution in [0.3, 0.4) is 0 Å². The summed E-state index contributed by atoms with van der Waals surface area (Å²) in [5, 5.41) is 9.20. The highest BCUT2D eigenvalue weighted by atomic mass is 19.1. The maximum Gasteiger partial charge on any atom is 0.326 e. The third-order valence-corrected chi connectivity index (χ3v) is 3.81. The fraction of sp³-hybridized carbons (Fsp3) is 0.467. The molecule has 20 heavy (non-hydrogen) atoms. The van der Waals surface area contributed by atoms with Gasteiger partial charge in [0.15, 0.2) is 0 Å². The number of carbonyl (C=O) groups excluding carboxylic acids is 1. The topological polar surface area (TPSA) is 57.6 Å². The van der Waals surface area contributed by atoms with Crippen molar-refractivity contribution in [3.05, 3.63) is 35.6 Å². The summed E-state index contributed by atoms with van der Waals surface area (Å²) in [7, 11) is 0. The van der Waals surface area contributed by atoms with Crippen molar-refractivity contribution in [2.45, 2.75) is 38.1 Å². The molecule has 2 atom stereocenters. The van der Waals surface area contributed by atoms with Crippen LogP contribution in [0, 0.1) is 5.82 Å². The zero-order valence-electron chi connectivity index (χ0n) is 11.4. The third-order valence-electron chi connectivity index (χ3n) is 3.81. The van der Waals surface area contributed by atoms with Crippen molar-refractivity contribution in [3.63, 3.8) is 0 Å². The van der Waals surface area contributed by atoms with Crippen LogP contribution in [0.15, 0.2) is 24.3 Å². The van der Waals surface area contributed by atoms with E-state index in [-0.39, 0.29) is 5.91 Å². The Kier molecular flexibility index (Phi) is 4.37. The van der Waals surface area contributed by atoms with Crippen molar-refractivity contribution in [1.82, 2.24) is 4.90 Å². The summed E-state index contributed by atoms with van der Waals surface area (Å²) in [4.78, 5) is 25.1. The number of nitrogens with zero attached hydrogens (tertiary/aromatic N) is 1. The van der Waals surface area contributed by atoms with Crippen molar-refractivity contribution in [2.75, 3.05) is 6.54 Å². The molecule has 2 rings (SSSR count). The molecule has 1 heterocycles. The van der Waals surface area contributed by atoms with Gasteiger partial charge in [0.05, 0.1) is 5.92 Å². The molecule has 1 unspecified atom stereocenters. The fourth-order valence-electron chi connectivity index (χ4n) is 2.66. The number of rotatable bonds is 3. The quantitative estimate of drug-likeness (QED) is 0.924. The lowest BCUT2D eigenvalue weighted by molar-refractivity contribution is -0.152. The zero-order chi connectivity index (χ0) is 14.7. The van der Waals surface area contributed by atoms with Crippen molar-refractivity contribution in [1.29, 1.82) is 0 Å². The second-order valence-corrected chi connectivity index (χ2v) is 5.12. The molecule has 0 spiro atoms. The van der Waals surface area contributed by atoms with Crippen LogP contribution in [-0.4, -0.2) is 34.5 Å². The number of carboxylic acids is 1. The van der Waals surface area contributed by atoms with Gasteiger partial charge in [0.2, 0.25) is 5.91 Å². The van der Waals surface area contributed by atoms with Gasteiger partial charge in [0, 0.05) is 6.54 Å². The lowest BCUT2D eigenvalue weighted by atomic mass is 9.95. The monoisotopic (exact) mass is 279 g/mol. The predicted octanol–water partition coefficient (Wildman–Crippen LogP) is 2.39. The van der Waals surface area contributed by atoms with Gasteiger partial charge in [-0.15, -0.1) is 0 Å². The standard InChI is InChI=1S/C15H18FNO3/c1-10(11-6-2-3-7-12(11)16)14(18)17-9-5-4-8-13(17)15(19)20/h2-3,6-7,10,13H,4-5,8-9H2,1H3,(H,19,20)/t10?,13-/m1/s1. The van der Waals surface area contributed by atoms with Crippen LogP contribution < -0.4 is 0 Å². The van der Waals surface area contributed by atoms with E-state index in [2.05, 4.69) is 0 Å². The minimum atomic E-state index is -0.987. The number of carboxylic acid groups (broad SMARTS) is 1. The Morgan fingerprint density at radius 1 is 1.35 bits per heavy atom. The van der Waals surface area contributed by atoms with E-state index in [1.54, 1.807) is 25.1 Å². The number of likely N-dealkylation sites (tertiary alicyclic amines) is 1. The Labute approximate surface area is 117 Å². The highest BCUT2D eigenvalue weighted by Gasteiger charge is 2.34. The maximum absolute atomic E-state index is 13.7. The van der Waals surface area contributed by atoms with Gasteiger partial charge in [-0.1, -0.05) is 18.2 Å². The molecule has 0 bridgehead atoms. The van der Waals surface area contributed by atoms with Crippen molar-refractivity contribution in [2.24, 2.45) is 0 Å². The number of benzene rings is 1. The summed E-state index contributed by atoms with van der Waals surface area (Å²) in [6.45, 7) is 2.04. The van der Waals surface area contributed by atoms with Gasteiger partial charge in [-0.2, -0.15) is 0 Å². The second kappa shape index (κ2) is 6.03. The first kappa shape index (κ1) is 14.5. The van der Waals surface area contributed by atoms with Gasteiger partial charge >= 0.3 is 5.97 Å². The molecule has 1 N–H and O–H groups in total. The molecular weight excluding hydrogens is 261 g/mol. The Balaban J connectivity index is 2.21. The fourth-order valence-corrected chi connectivity index (χ4v) is 2.66. The molecule has 1 amide bonds. The van der Waals surface area contributed by atoms with Crippen LogP contribution in [0.5, 0.6) is 0 Å². The Bertz CT molecular complexity index is 518. The SMILES string of the molecule is CC(C(=O)N1CCCC[C@@H]1C(=O)O)c1ccccc1F. The van der Waals surface area contributed by atoms with Crippen LogP contribution in [-0.2, 0) is 9.59 Å². The van der Waals surface area contributed by atoms with E-state index in [1.165, 1.54) is 11.0 Å². The third kappa shape index (κ3) is 2.81. The van der Waals surface area contributed by atoms with Crippen LogP contribution in [0.4, 0.5) is 4.39 Å². The molecule has 1 aliphatic heterocycles. The average molecular weight is 279 g/mol. The number of carbonyl (C=O) groups is 2. The average Bonchev–Trinajstić information content (AvgIpc) is 2.46. The lowest BCUT2D eigenvalue weighted by Gasteiger charge is -2.34. The summed E-state index contributed by atoms with van der Waals surface area (Å²) >= 11 is 0. The smallest absolute Gasteiger partial charge is 0.326 e. The summed E-state index contributed by atoms with van der Waals surface area (Å²) in [6.07, 6.45) is 2.05. The zero-order valence-corrected chi connectivity index (χ0v) is 11.4. The minimum absolute atomic E-state index is 0.312. The van der Waals surface area contributed by atoms with Gasteiger partial charge in [-0.05, 0) is 37.8 Å². The van der Waals surface area contributed by atoms with E-state index in [0.717, 1.165) is 12.8 Å². The van der Waals surface area contributed by atoms with E-state index in [4.69, 9.17) is 0 Å². The minimum Gasteiger partial charge on any atom is -0.480 e. The van der Waals surface area contributed by atoms with Gasteiger partial charge in [0.1, 0.15) is 11.9 Å². The molecule has 1 aromatic carbocycles. The molecule has 0 aliphatic carbocycles. The molecular formula is C15H18FNO3. The Morgan fingerprint density at radius 3 is 2.70 bits per heavy atom. The van der Waals surface area contributed by atoms with E-state index >= 15 is 0 Å². The molecule has 1 aliphatic rings. The molecule has 1 fully saturated rings. The van der Waals surface area contributed by atoms with Crippen molar-refractivity contribution >= 4 is 11.9 Å². The number of amides is 1. The lowest BCUT2D eigenvalue weighted by Crippen LogP contribution is -2.49. The van der Waals surface area contributed by atoms with Crippen molar-refractivity contribution < 1.29 is 19.1 Å². The van der Waals surface area contributed by atoms with E-state index < -0.39 is 23.7 Å². The molecule has 0 aromatic heterocycles. The molecule has 1 aromatic rings. The summed E-state index contributed by atoms with van der Waals surface area (Å²) in [5.41, 5.74) is 0.312. The van der Waals surface area contributed by atoms with Gasteiger partial charge < -0.3 is 10.0 Å². The second-order valence-electron chi connectivity index (χ2n) is 5.12. The Hall–Kier alpha value is -1.91. The first-order valence-electron chi connectivity index (χ1n) is 6.80. The van der Waals surface area contributed by atoms with E-state index in [0.29, 0.717) is 18.5 Å². The normalized spacial score (nSPS) is 20.5. The highest BCUT2D eigenvalue weighted by Crippen LogP contribution is 2.25. The molecule has 5 heteroatoms. The number of aliphatic carboxylic acids is 1. The van der Waals surface area contributed by atoms with Gasteiger partial charge in [-0.3, -0.25) is 4.79 Å². The first-order chi connectivity index (χ1) is 9.52. The van der Waals surface area contributed by atoms with Crippen molar-refractivity contribution in [3.8, 4) is 0 Å². The summed E-state index contributed by atoms with van der Waals surface area (Å²) in [6, 6.07) is 5.33. The van der Waals surface area contributed by atoms with Gasteiger partial charge in [-0.25, -0.2) is 9.18 Å². The Morgan fingerprint density at radius 2 is 2.05 bits per heavy atom. The van der Waals surface area contributed by atoms with Crippen LogP contribution in [0.25, 0.3) is 0 Å². The number of halogens is 1. The molecule has 4 nitrogen and oxygen atoms in total. The summed E-state index contributed by atoms with van der Waals surface area (Å²) in [5.74, 6) is -2.41. The van der Waals surface area contributed by atoms with Crippen LogP contribution >= 0.6 is 0 Å². The van der Waals surface area contributed by atoms with E-state index in [1.807, 2.05) is 0 Å². The molecule has 108 valence electrons.